The number of thiophene rings is 1. The summed E-state index contributed by atoms with van der Waals surface area (Å²) in [6.07, 6.45) is 2.74. The van der Waals surface area contributed by atoms with Gasteiger partial charge in [-0.2, -0.15) is 0 Å². The molecule has 6 nitrogen and oxygen atoms in total. The number of aliphatic hydroxyl groups is 1. The Labute approximate surface area is 177 Å². The number of nitrogens with one attached hydrogen (secondary N) is 2. The first-order chi connectivity index (χ1) is 12.1. The quantitative estimate of drug-likeness (QED) is 0.321. The highest BCUT2D eigenvalue weighted by molar-refractivity contribution is 14.0. The molecule has 2 aliphatic heterocycles. The van der Waals surface area contributed by atoms with Crippen LogP contribution < -0.4 is 10.6 Å². The lowest BCUT2D eigenvalue weighted by Gasteiger charge is -2.35. The van der Waals surface area contributed by atoms with E-state index in [1.54, 1.807) is 11.3 Å². The van der Waals surface area contributed by atoms with Gasteiger partial charge in [0.25, 0.3) is 0 Å². The number of nitrogens with zero attached hydrogens (tertiary/aromatic N) is 2. The summed E-state index contributed by atoms with van der Waals surface area (Å²) in [6.45, 7) is 8.72. The van der Waals surface area contributed by atoms with Crippen LogP contribution in [0.4, 0.5) is 0 Å². The second-order valence-corrected chi connectivity index (χ2v) is 8.02. The summed E-state index contributed by atoms with van der Waals surface area (Å²) in [7, 11) is 0. The van der Waals surface area contributed by atoms with E-state index in [1.165, 1.54) is 19.4 Å². The van der Waals surface area contributed by atoms with E-state index in [2.05, 4.69) is 20.5 Å². The lowest BCUT2D eigenvalue weighted by Crippen LogP contribution is -2.51. The molecule has 3 N–H and O–H groups in total. The van der Waals surface area contributed by atoms with E-state index in [-0.39, 0.29) is 30.1 Å². The van der Waals surface area contributed by atoms with Crippen molar-refractivity contribution < 1.29 is 9.84 Å². The zero-order valence-electron chi connectivity index (χ0n) is 15.6. The minimum absolute atomic E-state index is 0. The van der Waals surface area contributed by atoms with Gasteiger partial charge in [-0.25, -0.2) is 4.99 Å². The molecule has 26 heavy (non-hydrogen) atoms. The number of ether oxygens (including phenoxy) is 1. The molecule has 2 saturated heterocycles. The van der Waals surface area contributed by atoms with Crippen LogP contribution in [0.5, 0.6) is 0 Å². The Bertz CT molecular complexity index is 568. The summed E-state index contributed by atoms with van der Waals surface area (Å²) < 4.78 is 5.99. The van der Waals surface area contributed by atoms with Gasteiger partial charge in [-0.05, 0) is 44.7 Å². The van der Waals surface area contributed by atoms with Crippen LogP contribution in [0.2, 0.25) is 0 Å². The van der Waals surface area contributed by atoms with Gasteiger partial charge in [-0.1, -0.05) is 6.07 Å². The van der Waals surface area contributed by atoms with E-state index in [0.29, 0.717) is 12.6 Å². The van der Waals surface area contributed by atoms with E-state index < -0.39 is 5.60 Å². The first kappa shape index (κ1) is 21.9. The summed E-state index contributed by atoms with van der Waals surface area (Å²) in [5.41, 5.74) is -0.944. The zero-order valence-corrected chi connectivity index (χ0v) is 18.8. The smallest absolute Gasteiger partial charge is 0.191 e. The van der Waals surface area contributed by atoms with E-state index in [1.807, 2.05) is 31.4 Å². The monoisotopic (exact) mass is 494 g/mol. The van der Waals surface area contributed by atoms with Gasteiger partial charge in [0.05, 0.1) is 19.3 Å². The molecule has 3 unspecified atom stereocenters. The average molecular weight is 494 g/mol. The average Bonchev–Trinajstić information content (AvgIpc) is 3.28. The van der Waals surface area contributed by atoms with Crippen LogP contribution in [0.1, 0.15) is 31.6 Å². The first-order valence-corrected chi connectivity index (χ1v) is 10.1. The Morgan fingerprint density at radius 2 is 2.35 bits per heavy atom. The van der Waals surface area contributed by atoms with Crippen molar-refractivity contribution in [2.24, 2.45) is 4.99 Å². The van der Waals surface area contributed by atoms with Gasteiger partial charge < -0.3 is 20.5 Å². The topological polar surface area (TPSA) is 69.1 Å². The Hall–Kier alpha value is -0.420. The molecule has 0 aliphatic carbocycles. The van der Waals surface area contributed by atoms with Crippen LogP contribution >= 0.6 is 35.3 Å². The summed E-state index contributed by atoms with van der Waals surface area (Å²) in [5, 5.41) is 19.2. The van der Waals surface area contributed by atoms with Gasteiger partial charge in [0.1, 0.15) is 5.60 Å². The molecule has 8 heteroatoms. The summed E-state index contributed by atoms with van der Waals surface area (Å²) in [6, 6.07) is 4.52. The van der Waals surface area contributed by atoms with Gasteiger partial charge in [0.2, 0.25) is 0 Å². The molecule has 3 rings (SSSR count). The van der Waals surface area contributed by atoms with Crippen LogP contribution in [0, 0.1) is 0 Å². The van der Waals surface area contributed by atoms with Gasteiger partial charge in [-0.15, -0.1) is 35.3 Å². The Balaban J connectivity index is 0.00000243. The van der Waals surface area contributed by atoms with Crippen molar-refractivity contribution in [2.75, 3.05) is 39.3 Å². The predicted octanol–water partition coefficient (Wildman–Crippen LogP) is 1.99. The van der Waals surface area contributed by atoms with Gasteiger partial charge in [0, 0.05) is 30.6 Å². The molecule has 2 aliphatic rings. The highest BCUT2D eigenvalue weighted by Gasteiger charge is 2.32. The Kier molecular flexibility index (Phi) is 8.59. The molecule has 0 aromatic carbocycles. The third-order valence-electron chi connectivity index (χ3n) is 4.90. The van der Waals surface area contributed by atoms with Gasteiger partial charge >= 0.3 is 0 Å². The molecule has 0 spiro atoms. The molecule has 3 atom stereocenters. The van der Waals surface area contributed by atoms with Crippen LogP contribution in [-0.4, -0.2) is 67.4 Å². The molecule has 0 bridgehead atoms. The lowest BCUT2D eigenvalue weighted by atomic mass is 10.1. The standard InChI is InChI=1S/C18H30N4O2S.HI/c1-3-19-17(21-13-18(2,23)16-7-5-9-25-16)20-10-15-11-22-8-4-6-14(22)12-24-15;/h5,7,9,14-15,23H,3-4,6,8,10-13H2,1-2H3,(H2,19,20,21);1H. The molecule has 148 valence electrons. The molecule has 0 radical (unpaired) electrons. The van der Waals surface area contributed by atoms with Crippen LogP contribution in [0.15, 0.2) is 22.5 Å². The number of aliphatic imine (C=N–C) groups is 1. The highest BCUT2D eigenvalue weighted by atomic mass is 127. The maximum absolute atomic E-state index is 10.6. The van der Waals surface area contributed by atoms with E-state index in [0.717, 1.165) is 37.1 Å². The fraction of sp³-hybridized carbons (Fsp3) is 0.722. The number of guanidine groups is 1. The van der Waals surface area contributed by atoms with Gasteiger partial charge in [-0.3, -0.25) is 4.90 Å². The summed E-state index contributed by atoms with van der Waals surface area (Å²) in [4.78, 5) is 8.05. The van der Waals surface area contributed by atoms with Crippen molar-refractivity contribution in [3.63, 3.8) is 0 Å². The second-order valence-electron chi connectivity index (χ2n) is 7.07. The van der Waals surface area contributed by atoms with Crippen molar-refractivity contribution in [1.29, 1.82) is 0 Å². The number of fused-ring (bicyclic) bond motifs is 1. The summed E-state index contributed by atoms with van der Waals surface area (Å²) >= 11 is 1.55. The molecule has 3 heterocycles. The second kappa shape index (κ2) is 10.2. The van der Waals surface area contributed by atoms with Crippen LogP contribution in [-0.2, 0) is 10.3 Å². The zero-order chi connectivity index (χ0) is 17.7. The van der Waals surface area contributed by atoms with Crippen LogP contribution in [0.25, 0.3) is 0 Å². The van der Waals surface area contributed by atoms with E-state index in [9.17, 15) is 5.11 Å². The number of halogens is 1. The molecule has 1 aromatic heterocycles. The number of hydrogen-bond acceptors (Lipinski definition) is 5. The normalized spacial score (nSPS) is 25.9. The Morgan fingerprint density at radius 1 is 1.50 bits per heavy atom. The van der Waals surface area contributed by atoms with Crippen molar-refractivity contribution in [3.05, 3.63) is 22.4 Å². The third kappa shape index (κ3) is 5.79. The molecular formula is C18H31IN4O2S. The van der Waals surface area contributed by atoms with E-state index in [4.69, 9.17) is 4.74 Å². The fourth-order valence-corrected chi connectivity index (χ4v) is 4.24. The maximum atomic E-state index is 10.6. The predicted molar refractivity (Wildman–Crippen MR) is 118 cm³/mol. The third-order valence-corrected chi connectivity index (χ3v) is 6.02. The minimum Gasteiger partial charge on any atom is -0.383 e. The molecule has 1 aromatic rings. The number of rotatable bonds is 6. The maximum Gasteiger partial charge on any atom is 0.191 e. The first-order valence-electron chi connectivity index (χ1n) is 9.22. The molecule has 0 amide bonds. The fourth-order valence-electron chi connectivity index (χ4n) is 3.46. The molecule has 0 saturated carbocycles. The lowest BCUT2D eigenvalue weighted by molar-refractivity contribution is -0.0453. The van der Waals surface area contributed by atoms with Crippen LogP contribution in [0.3, 0.4) is 0 Å². The van der Waals surface area contributed by atoms with Crippen molar-refractivity contribution in [2.45, 2.75) is 44.4 Å². The van der Waals surface area contributed by atoms with Crippen molar-refractivity contribution >= 4 is 41.3 Å². The molecular weight excluding hydrogens is 463 g/mol. The summed E-state index contributed by atoms with van der Waals surface area (Å²) in [5.74, 6) is 0.728. The van der Waals surface area contributed by atoms with Crippen molar-refractivity contribution in [3.8, 4) is 0 Å². The van der Waals surface area contributed by atoms with E-state index >= 15 is 0 Å². The Morgan fingerprint density at radius 3 is 3.08 bits per heavy atom. The molecule has 2 fully saturated rings. The van der Waals surface area contributed by atoms with Crippen molar-refractivity contribution in [1.82, 2.24) is 15.5 Å². The largest absolute Gasteiger partial charge is 0.383 e. The SMILES string of the molecule is CCNC(=NCC(C)(O)c1cccs1)NCC1CN2CCCC2CO1.I. The highest BCUT2D eigenvalue weighted by Crippen LogP contribution is 2.25. The number of morpholine rings is 1. The van der Waals surface area contributed by atoms with Gasteiger partial charge in [0.15, 0.2) is 5.96 Å². The number of hydrogen-bond donors (Lipinski definition) is 3. The minimum atomic E-state index is -0.944.